The van der Waals surface area contributed by atoms with Crippen LogP contribution in [0.1, 0.15) is 29.3 Å². The van der Waals surface area contributed by atoms with Crippen molar-refractivity contribution in [2.75, 3.05) is 6.54 Å². The van der Waals surface area contributed by atoms with E-state index in [9.17, 15) is 19.8 Å². The van der Waals surface area contributed by atoms with Crippen molar-refractivity contribution in [2.45, 2.75) is 47.4 Å². The molecule has 1 aliphatic heterocycles. The predicted molar refractivity (Wildman–Crippen MR) is 134 cm³/mol. The summed E-state index contributed by atoms with van der Waals surface area (Å²) in [6.07, 6.45) is -2.21. The summed E-state index contributed by atoms with van der Waals surface area (Å²) in [6, 6.07) is 18.9. The van der Waals surface area contributed by atoms with Gasteiger partial charge in [-0.1, -0.05) is 53.7 Å². The number of hydrogen-bond donors (Lipinski definition) is 3. The second-order valence-corrected chi connectivity index (χ2v) is 10.6. The molecule has 34 heavy (non-hydrogen) atoms. The van der Waals surface area contributed by atoms with Crippen molar-refractivity contribution in [3.05, 3.63) is 81.5 Å². The minimum atomic E-state index is -1.86. The maximum atomic E-state index is 12.9. The van der Waals surface area contributed by atoms with Gasteiger partial charge >= 0.3 is 0 Å². The van der Waals surface area contributed by atoms with E-state index < -0.39 is 24.0 Å². The number of nitrogens with zero attached hydrogens (tertiary/aromatic N) is 1. The molecule has 2 amide bonds. The van der Waals surface area contributed by atoms with Gasteiger partial charge in [0.15, 0.2) is 12.2 Å². The van der Waals surface area contributed by atoms with Crippen molar-refractivity contribution in [2.24, 2.45) is 0 Å². The zero-order valence-corrected chi connectivity index (χ0v) is 20.7. The molecule has 1 saturated heterocycles. The number of amides is 2. The van der Waals surface area contributed by atoms with Crippen LogP contribution in [0.4, 0.5) is 0 Å². The first-order chi connectivity index (χ1) is 16.4. The molecule has 4 rings (SSSR count). The Labute approximate surface area is 211 Å². The SMILES string of the molecule is O=C(NCc1cc(Sc2ccccc2)cs1)[C@H](O)[C@@H](O)C(=O)N1CCC[C@@H]1c1cccc(Cl)c1. The number of aliphatic hydroxyl groups excluding tert-OH is 2. The van der Waals surface area contributed by atoms with Crippen LogP contribution >= 0.6 is 34.7 Å². The second kappa shape index (κ2) is 11.4. The van der Waals surface area contributed by atoms with E-state index in [0.717, 1.165) is 33.1 Å². The van der Waals surface area contributed by atoms with Crippen molar-refractivity contribution in [3.8, 4) is 0 Å². The van der Waals surface area contributed by atoms with E-state index in [1.165, 1.54) is 16.2 Å². The van der Waals surface area contributed by atoms with Crippen LogP contribution in [0.5, 0.6) is 0 Å². The lowest BCUT2D eigenvalue weighted by Crippen LogP contribution is -2.50. The van der Waals surface area contributed by atoms with Crippen LogP contribution < -0.4 is 5.32 Å². The second-order valence-electron chi connectivity index (χ2n) is 8.02. The van der Waals surface area contributed by atoms with Gasteiger partial charge in [-0.05, 0) is 48.7 Å². The van der Waals surface area contributed by atoms with Crippen molar-refractivity contribution in [3.63, 3.8) is 0 Å². The maximum absolute atomic E-state index is 12.9. The third-order valence-corrected chi connectivity index (χ3v) is 7.94. The summed E-state index contributed by atoms with van der Waals surface area (Å²) in [5, 5.41) is 26.0. The molecular formula is C25H25ClN2O4S2. The highest BCUT2D eigenvalue weighted by molar-refractivity contribution is 7.99. The van der Waals surface area contributed by atoms with E-state index in [2.05, 4.69) is 5.32 Å². The number of rotatable bonds is 8. The number of benzene rings is 2. The number of aliphatic hydroxyl groups is 2. The molecule has 3 atom stereocenters. The molecule has 0 saturated carbocycles. The normalized spacial score (nSPS) is 17.4. The van der Waals surface area contributed by atoms with Gasteiger partial charge in [0, 0.05) is 31.6 Å². The van der Waals surface area contributed by atoms with Gasteiger partial charge in [-0.3, -0.25) is 9.59 Å². The molecule has 1 aromatic heterocycles. The van der Waals surface area contributed by atoms with Gasteiger partial charge in [-0.25, -0.2) is 0 Å². The molecular weight excluding hydrogens is 492 g/mol. The molecule has 0 radical (unpaired) electrons. The molecule has 0 bridgehead atoms. The average molecular weight is 517 g/mol. The minimum absolute atomic E-state index is 0.200. The first kappa shape index (κ1) is 24.8. The van der Waals surface area contributed by atoms with Crippen molar-refractivity contribution < 1.29 is 19.8 Å². The first-order valence-electron chi connectivity index (χ1n) is 10.9. The Morgan fingerprint density at radius 1 is 1.09 bits per heavy atom. The summed E-state index contributed by atoms with van der Waals surface area (Å²) in [5.41, 5.74) is 0.867. The fourth-order valence-electron chi connectivity index (χ4n) is 3.95. The molecule has 9 heteroatoms. The molecule has 0 aliphatic carbocycles. The van der Waals surface area contributed by atoms with E-state index in [0.29, 0.717) is 11.6 Å². The summed E-state index contributed by atoms with van der Waals surface area (Å²) in [7, 11) is 0. The Hall–Kier alpha value is -2.36. The van der Waals surface area contributed by atoms with Gasteiger partial charge in [0.2, 0.25) is 0 Å². The van der Waals surface area contributed by atoms with E-state index in [-0.39, 0.29) is 12.6 Å². The van der Waals surface area contributed by atoms with Crippen molar-refractivity contribution in [1.82, 2.24) is 10.2 Å². The topological polar surface area (TPSA) is 89.9 Å². The van der Waals surface area contributed by atoms with Crippen LogP contribution in [-0.2, 0) is 16.1 Å². The summed E-state index contributed by atoms with van der Waals surface area (Å²) < 4.78 is 0. The fourth-order valence-corrected chi connectivity index (χ4v) is 6.01. The molecule has 2 heterocycles. The molecule has 3 N–H and O–H groups in total. The van der Waals surface area contributed by atoms with E-state index in [4.69, 9.17) is 11.6 Å². The maximum Gasteiger partial charge on any atom is 0.255 e. The standard InChI is InChI=1S/C25H25ClN2O4S2/c26-17-7-4-6-16(12-17)21-10-5-11-28(21)25(32)23(30)22(29)24(31)27-14-19-13-20(15-33-19)34-18-8-2-1-3-9-18/h1-4,6-9,12-13,15,21-23,29-30H,5,10-11,14H2,(H,27,31)/t21-,22-,23-/m1/s1. The van der Waals surface area contributed by atoms with Gasteiger partial charge < -0.3 is 20.4 Å². The van der Waals surface area contributed by atoms with Gasteiger partial charge in [-0.15, -0.1) is 11.3 Å². The van der Waals surface area contributed by atoms with E-state index >= 15 is 0 Å². The summed E-state index contributed by atoms with van der Waals surface area (Å²) in [5.74, 6) is -1.45. The van der Waals surface area contributed by atoms with Crippen LogP contribution in [-0.4, -0.2) is 45.7 Å². The van der Waals surface area contributed by atoms with Crippen LogP contribution in [0.3, 0.4) is 0 Å². The zero-order valence-electron chi connectivity index (χ0n) is 18.3. The van der Waals surface area contributed by atoms with Crippen LogP contribution in [0.25, 0.3) is 0 Å². The van der Waals surface area contributed by atoms with Crippen molar-refractivity contribution in [1.29, 1.82) is 0 Å². The van der Waals surface area contributed by atoms with Crippen molar-refractivity contribution >= 4 is 46.5 Å². The molecule has 3 aromatic rings. The molecule has 0 spiro atoms. The van der Waals surface area contributed by atoms with Gasteiger partial charge in [-0.2, -0.15) is 0 Å². The third-order valence-electron chi connectivity index (χ3n) is 5.64. The van der Waals surface area contributed by atoms with Gasteiger partial charge in [0.25, 0.3) is 11.8 Å². The first-order valence-corrected chi connectivity index (χ1v) is 13.0. The molecule has 0 unspecified atom stereocenters. The van der Waals surface area contributed by atoms with Crippen LogP contribution in [0.2, 0.25) is 5.02 Å². The lowest BCUT2D eigenvalue weighted by Gasteiger charge is -2.28. The smallest absolute Gasteiger partial charge is 0.255 e. The number of halogens is 1. The monoisotopic (exact) mass is 516 g/mol. The molecule has 178 valence electrons. The van der Waals surface area contributed by atoms with Gasteiger partial charge in [0.1, 0.15) is 0 Å². The highest BCUT2D eigenvalue weighted by Gasteiger charge is 2.38. The molecule has 1 aliphatic rings. The number of thiophene rings is 1. The molecule has 2 aromatic carbocycles. The average Bonchev–Trinajstić information content (AvgIpc) is 3.51. The number of nitrogens with one attached hydrogen (secondary N) is 1. The number of carbonyl (C=O) groups excluding carboxylic acids is 2. The van der Waals surface area contributed by atoms with Gasteiger partial charge in [0.05, 0.1) is 12.6 Å². The summed E-state index contributed by atoms with van der Waals surface area (Å²) in [4.78, 5) is 30.0. The third kappa shape index (κ3) is 6.00. The zero-order chi connectivity index (χ0) is 24.1. The number of likely N-dealkylation sites (tertiary alicyclic amines) is 1. The Bertz CT molecular complexity index is 1140. The number of hydrogen-bond acceptors (Lipinski definition) is 6. The van der Waals surface area contributed by atoms with Crippen LogP contribution in [0, 0.1) is 0 Å². The fraction of sp³-hybridized carbons (Fsp3) is 0.280. The molecule has 1 fully saturated rings. The Morgan fingerprint density at radius 3 is 2.65 bits per heavy atom. The summed E-state index contributed by atoms with van der Waals surface area (Å²) >= 11 is 9.20. The highest BCUT2D eigenvalue weighted by atomic mass is 35.5. The lowest BCUT2D eigenvalue weighted by atomic mass is 10.0. The Morgan fingerprint density at radius 2 is 1.88 bits per heavy atom. The summed E-state index contributed by atoms with van der Waals surface area (Å²) in [6.45, 7) is 0.643. The van der Waals surface area contributed by atoms with E-state index in [1.807, 2.05) is 53.9 Å². The minimum Gasteiger partial charge on any atom is -0.380 e. The van der Waals surface area contributed by atoms with E-state index in [1.54, 1.807) is 23.9 Å². The van der Waals surface area contributed by atoms with Crippen LogP contribution in [0.15, 0.2) is 75.8 Å². The number of carbonyl (C=O) groups is 2. The Kier molecular flexibility index (Phi) is 8.28. The largest absolute Gasteiger partial charge is 0.380 e. The predicted octanol–water partition coefficient (Wildman–Crippen LogP) is 4.25. The Balaban J connectivity index is 1.32. The lowest BCUT2D eigenvalue weighted by molar-refractivity contribution is -0.153. The highest BCUT2D eigenvalue weighted by Crippen LogP contribution is 2.34. The molecule has 6 nitrogen and oxygen atoms in total. The quantitative estimate of drug-likeness (QED) is 0.416.